The third-order valence-corrected chi connectivity index (χ3v) is 2.26. The largest absolute Gasteiger partial charge is 0.249 e. The minimum Gasteiger partial charge on any atom is -0.249 e. The van der Waals surface area contributed by atoms with Crippen molar-refractivity contribution in [2.24, 2.45) is 0 Å². The average molecular weight is 236 g/mol. The van der Waals surface area contributed by atoms with Gasteiger partial charge in [0.25, 0.3) is 0 Å². The summed E-state index contributed by atoms with van der Waals surface area (Å²) in [5.74, 6) is 0. The van der Waals surface area contributed by atoms with Gasteiger partial charge in [-0.2, -0.15) is 0 Å². The summed E-state index contributed by atoms with van der Waals surface area (Å²) in [6.07, 6.45) is 6.76. The number of pyridine rings is 1. The molecule has 0 amide bonds. The molecule has 0 saturated carbocycles. The highest BCUT2D eigenvalue weighted by Gasteiger charge is 2.02. The number of rotatable bonds is 1. The smallest absolute Gasteiger partial charge is 0.115 e. The molecular formula is C9H6BrN3. The van der Waals surface area contributed by atoms with Crippen molar-refractivity contribution >= 4 is 15.9 Å². The van der Waals surface area contributed by atoms with Crippen LogP contribution in [0.2, 0.25) is 0 Å². The van der Waals surface area contributed by atoms with Crippen LogP contribution in [0.5, 0.6) is 0 Å². The molecule has 0 aliphatic carbocycles. The molecule has 2 heterocycles. The van der Waals surface area contributed by atoms with Gasteiger partial charge in [0.2, 0.25) is 0 Å². The quantitative estimate of drug-likeness (QED) is 0.713. The molecule has 0 aromatic carbocycles. The molecule has 0 fully saturated rings. The summed E-state index contributed by atoms with van der Waals surface area (Å²) < 4.78 is 0.810. The Hall–Kier alpha value is -1.29. The van der Waals surface area contributed by atoms with Crippen LogP contribution in [0.1, 0.15) is 0 Å². The fourth-order valence-corrected chi connectivity index (χ4v) is 1.52. The highest BCUT2D eigenvalue weighted by molar-refractivity contribution is 9.10. The Bertz CT molecular complexity index is 403. The van der Waals surface area contributed by atoms with E-state index in [0.29, 0.717) is 0 Å². The monoisotopic (exact) mass is 235 g/mol. The molecule has 0 saturated heterocycles. The molecule has 2 aromatic heterocycles. The van der Waals surface area contributed by atoms with Crippen molar-refractivity contribution in [2.45, 2.75) is 0 Å². The number of nitrogens with zero attached hydrogens (tertiary/aromatic N) is 3. The highest BCUT2D eigenvalue weighted by atomic mass is 79.9. The normalized spacial score (nSPS) is 9.92. The minimum atomic E-state index is 0.810. The van der Waals surface area contributed by atoms with Crippen molar-refractivity contribution in [3.05, 3.63) is 41.7 Å². The first-order valence-electron chi connectivity index (χ1n) is 3.74. The van der Waals surface area contributed by atoms with Crippen LogP contribution < -0.4 is 0 Å². The zero-order chi connectivity index (χ0) is 9.10. The maximum absolute atomic E-state index is 4.12. The number of aromatic nitrogens is 3. The van der Waals surface area contributed by atoms with E-state index < -0.39 is 0 Å². The maximum Gasteiger partial charge on any atom is 0.115 e. The molecule has 0 atom stereocenters. The summed E-state index contributed by atoms with van der Waals surface area (Å²) in [4.78, 5) is 12.0. The molecule has 2 rings (SSSR count). The Morgan fingerprint density at radius 1 is 1.15 bits per heavy atom. The maximum atomic E-state index is 4.12. The average Bonchev–Trinajstić information content (AvgIpc) is 2.20. The van der Waals surface area contributed by atoms with E-state index in [1.165, 1.54) is 6.33 Å². The fourth-order valence-electron chi connectivity index (χ4n) is 1.04. The van der Waals surface area contributed by atoms with Crippen LogP contribution in [0.15, 0.2) is 41.7 Å². The molecule has 0 aliphatic heterocycles. The van der Waals surface area contributed by atoms with Crippen LogP contribution in [0.25, 0.3) is 11.1 Å². The third kappa shape index (κ3) is 1.72. The zero-order valence-electron chi connectivity index (χ0n) is 6.68. The molecule has 0 spiro atoms. The number of hydrogen-bond donors (Lipinski definition) is 0. The standard InChI is InChI=1S/C9H6BrN3/c10-9-8(2-1-3-13-9)7-4-11-6-12-5-7/h1-6H. The first kappa shape index (κ1) is 8.31. The predicted octanol–water partition coefficient (Wildman–Crippen LogP) is 2.30. The minimum absolute atomic E-state index is 0.810. The lowest BCUT2D eigenvalue weighted by Gasteiger charge is -2.00. The van der Waals surface area contributed by atoms with Gasteiger partial charge in [-0.1, -0.05) is 6.07 Å². The molecule has 0 bridgehead atoms. The van der Waals surface area contributed by atoms with Gasteiger partial charge in [0.15, 0.2) is 0 Å². The summed E-state index contributed by atoms with van der Waals surface area (Å²) in [5, 5.41) is 0. The summed E-state index contributed by atoms with van der Waals surface area (Å²) in [5.41, 5.74) is 1.96. The summed E-state index contributed by atoms with van der Waals surface area (Å²) >= 11 is 3.37. The summed E-state index contributed by atoms with van der Waals surface area (Å²) in [7, 11) is 0. The third-order valence-electron chi connectivity index (χ3n) is 1.63. The second-order valence-corrected chi connectivity index (χ2v) is 3.22. The molecule has 64 valence electrons. The van der Waals surface area contributed by atoms with E-state index in [1.807, 2.05) is 12.1 Å². The fraction of sp³-hybridized carbons (Fsp3) is 0. The van der Waals surface area contributed by atoms with Crippen molar-refractivity contribution < 1.29 is 0 Å². The van der Waals surface area contributed by atoms with Gasteiger partial charge < -0.3 is 0 Å². The van der Waals surface area contributed by atoms with Crippen LogP contribution in [0.4, 0.5) is 0 Å². The topological polar surface area (TPSA) is 38.7 Å². The van der Waals surface area contributed by atoms with Gasteiger partial charge in [0.1, 0.15) is 10.9 Å². The molecular weight excluding hydrogens is 230 g/mol. The van der Waals surface area contributed by atoms with Crippen molar-refractivity contribution in [1.29, 1.82) is 0 Å². The molecule has 0 aliphatic rings. The zero-order valence-corrected chi connectivity index (χ0v) is 8.27. The lowest BCUT2D eigenvalue weighted by molar-refractivity contribution is 1.16. The van der Waals surface area contributed by atoms with Gasteiger partial charge in [-0.3, -0.25) is 0 Å². The van der Waals surface area contributed by atoms with Gasteiger partial charge in [-0.15, -0.1) is 0 Å². The number of hydrogen-bond acceptors (Lipinski definition) is 3. The second kappa shape index (κ2) is 3.62. The van der Waals surface area contributed by atoms with Crippen molar-refractivity contribution in [3.63, 3.8) is 0 Å². The van der Waals surface area contributed by atoms with E-state index >= 15 is 0 Å². The molecule has 3 nitrogen and oxygen atoms in total. The van der Waals surface area contributed by atoms with Crippen molar-refractivity contribution in [3.8, 4) is 11.1 Å². The Morgan fingerprint density at radius 3 is 2.62 bits per heavy atom. The summed E-state index contributed by atoms with van der Waals surface area (Å²) in [6.45, 7) is 0. The van der Waals surface area contributed by atoms with Crippen LogP contribution in [-0.2, 0) is 0 Å². The van der Waals surface area contributed by atoms with Crippen molar-refractivity contribution in [2.75, 3.05) is 0 Å². The first-order chi connectivity index (χ1) is 6.38. The van der Waals surface area contributed by atoms with E-state index in [9.17, 15) is 0 Å². The second-order valence-electron chi connectivity index (χ2n) is 2.47. The van der Waals surface area contributed by atoms with Gasteiger partial charge in [0, 0.05) is 29.7 Å². The van der Waals surface area contributed by atoms with Gasteiger partial charge >= 0.3 is 0 Å². The predicted molar refractivity (Wildman–Crippen MR) is 53.0 cm³/mol. The molecule has 0 N–H and O–H groups in total. The molecule has 2 aromatic rings. The lowest BCUT2D eigenvalue weighted by Crippen LogP contribution is -1.84. The lowest BCUT2D eigenvalue weighted by atomic mass is 10.2. The summed E-state index contributed by atoms with van der Waals surface area (Å²) in [6, 6.07) is 3.85. The van der Waals surface area contributed by atoms with E-state index in [1.54, 1.807) is 18.6 Å². The SMILES string of the molecule is Brc1ncccc1-c1cncnc1. The van der Waals surface area contributed by atoms with E-state index in [2.05, 4.69) is 30.9 Å². The first-order valence-corrected chi connectivity index (χ1v) is 4.53. The number of halogens is 1. The Morgan fingerprint density at radius 2 is 1.92 bits per heavy atom. The molecule has 4 heteroatoms. The molecule has 13 heavy (non-hydrogen) atoms. The van der Waals surface area contributed by atoms with Crippen LogP contribution in [0, 0.1) is 0 Å². The van der Waals surface area contributed by atoms with E-state index in [4.69, 9.17) is 0 Å². The van der Waals surface area contributed by atoms with Crippen LogP contribution in [-0.4, -0.2) is 15.0 Å². The van der Waals surface area contributed by atoms with E-state index in [-0.39, 0.29) is 0 Å². The highest BCUT2D eigenvalue weighted by Crippen LogP contribution is 2.23. The van der Waals surface area contributed by atoms with Gasteiger partial charge in [0.05, 0.1) is 0 Å². The van der Waals surface area contributed by atoms with Crippen molar-refractivity contribution in [1.82, 2.24) is 15.0 Å². The Kier molecular flexibility index (Phi) is 2.31. The van der Waals surface area contributed by atoms with Crippen LogP contribution >= 0.6 is 15.9 Å². The van der Waals surface area contributed by atoms with Gasteiger partial charge in [-0.05, 0) is 22.0 Å². The van der Waals surface area contributed by atoms with Gasteiger partial charge in [-0.25, -0.2) is 15.0 Å². The van der Waals surface area contributed by atoms with E-state index in [0.717, 1.165) is 15.7 Å². The van der Waals surface area contributed by atoms with Crippen LogP contribution in [0.3, 0.4) is 0 Å². The molecule has 0 unspecified atom stereocenters. The molecule has 0 radical (unpaired) electrons. The Balaban J connectivity index is 2.54. The Labute approximate surface area is 84.0 Å².